The average molecular weight is 184 g/mol. The highest BCUT2D eigenvalue weighted by atomic mass is 32.1. The Hall–Kier alpha value is -0.740. The summed E-state index contributed by atoms with van der Waals surface area (Å²) in [7, 11) is 0. The number of ketones is 1. The quantitative estimate of drug-likeness (QED) is 0.720. The van der Waals surface area contributed by atoms with Gasteiger partial charge in [-0.05, 0) is 5.92 Å². The fraction of sp³-hybridized carbons (Fsp3) is 0.500. The number of carbonyl (C=O) groups is 1. The topological polar surface area (TPSA) is 56.0 Å². The molecule has 1 aromatic heterocycles. The largest absolute Gasteiger partial charge is 0.321 e. The third kappa shape index (κ3) is 1.89. The minimum absolute atomic E-state index is 0.0556. The first kappa shape index (κ1) is 9.35. The molecular weight excluding hydrogens is 172 g/mol. The van der Waals surface area contributed by atoms with Gasteiger partial charge in [-0.3, -0.25) is 4.79 Å². The number of thiazole rings is 1. The van der Waals surface area contributed by atoms with E-state index in [1.54, 1.807) is 11.6 Å². The van der Waals surface area contributed by atoms with Gasteiger partial charge in [0, 0.05) is 11.6 Å². The summed E-state index contributed by atoms with van der Waals surface area (Å²) in [6, 6.07) is -0.420. The highest BCUT2D eigenvalue weighted by molar-refractivity contribution is 7.11. The van der Waals surface area contributed by atoms with E-state index in [4.69, 9.17) is 5.73 Å². The second-order valence-electron chi connectivity index (χ2n) is 2.97. The van der Waals surface area contributed by atoms with Gasteiger partial charge in [0.2, 0.25) is 5.78 Å². The molecule has 2 N–H and O–H groups in total. The van der Waals surface area contributed by atoms with Gasteiger partial charge in [0.05, 0.1) is 6.04 Å². The lowest BCUT2D eigenvalue weighted by molar-refractivity contribution is 0.0940. The maximum Gasteiger partial charge on any atom is 0.208 e. The standard InChI is InChI=1S/C8H12N2OS/c1-5(2)6(9)7(11)8-10-3-4-12-8/h3-6H,9H2,1-2H3/t6-/m0/s1. The molecule has 0 aliphatic rings. The molecular formula is C8H12N2OS. The van der Waals surface area contributed by atoms with Crippen LogP contribution >= 0.6 is 11.3 Å². The molecule has 0 bridgehead atoms. The molecule has 1 rings (SSSR count). The molecule has 0 unspecified atom stereocenters. The third-order valence-electron chi connectivity index (χ3n) is 1.66. The first-order valence-corrected chi connectivity index (χ1v) is 4.70. The van der Waals surface area contributed by atoms with Crippen LogP contribution < -0.4 is 5.73 Å². The Morgan fingerprint density at radius 1 is 1.67 bits per heavy atom. The number of rotatable bonds is 3. The number of hydrogen-bond donors (Lipinski definition) is 1. The maximum absolute atomic E-state index is 11.5. The first-order chi connectivity index (χ1) is 5.63. The number of Topliss-reactive ketones (excluding diaryl/α,β-unsaturated/α-hetero) is 1. The normalized spacial score (nSPS) is 13.3. The summed E-state index contributed by atoms with van der Waals surface area (Å²) >= 11 is 1.34. The van der Waals surface area contributed by atoms with Crippen molar-refractivity contribution < 1.29 is 4.79 Å². The fourth-order valence-corrected chi connectivity index (χ4v) is 1.42. The Kier molecular flexibility index (Phi) is 2.94. The fourth-order valence-electron chi connectivity index (χ4n) is 0.790. The van der Waals surface area contributed by atoms with E-state index in [1.165, 1.54) is 11.3 Å². The van der Waals surface area contributed by atoms with Crippen LogP contribution in [0.5, 0.6) is 0 Å². The van der Waals surface area contributed by atoms with Crippen molar-refractivity contribution in [1.29, 1.82) is 0 Å². The predicted molar refractivity (Wildman–Crippen MR) is 49.3 cm³/mol. The Balaban J connectivity index is 2.72. The van der Waals surface area contributed by atoms with E-state index in [1.807, 2.05) is 13.8 Å². The van der Waals surface area contributed by atoms with E-state index in [0.29, 0.717) is 5.01 Å². The Morgan fingerprint density at radius 3 is 2.75 bits per heavy atom. The van der Waals surface area contributed by atoms with Gasteiger partial charge in [-0.1, -0.05) is 13.8 Å². The summed E-state index contributed by atoms with van der Waals surface area (Å²) in [5.74, 6) is 0.112. The van der Waals surface area contributed by atoms with Crippen molar-refractivity contribution in [1.82, 2.24) is 4.98 Å². The molecule has 12 heavy (non-hydrogen) atoms. The van der Waals surface area contributed by atoms with Gasteiger partial charge in [-0.15, -0.1) is 11.3 Å². The SMILES string of the molecule is CC(C)[C@H](N)C(=O)c1nccs1. The molecule has 0 aliphatic heterocycles. The summed E-state index contributed by atoms with van der Waals surface area (Å²) < 4.78 is 0. The van der Waals surface area contributed by atoms with Crippen LogP contribution in [0, 0.1) is 5.92 Å². The number of hydrogen-bond acceptors (Lipinski definition) is 4. The molecule has 0 amide bonds. The lowest BCUT2D eigenvalue weighted by Gasteiger charge is -2.11. The summed E-state index contributed by atoms with van der Waals surface area (Å²) in [6.45, 7) is 3.85. The zero-order valence-electron chi connectivity index (χ0n) is 7.15. The molecule has 66 valence electrons. The number of aromatic nitrogens is 1. The molecule has 0 aromatic carbocycles. The lowest BCUT2D eigenvalue weighted by atomic mass is 10.0. The maximum atomic E-state index is 11.5. The molecule has 0 fully saturated rings. The predicted octanol–water partition coefficient (Wildman–Crippen LogP) is 1.31. The molecule has 1 atom stereocenters. The summed E-state index contributed by atoms with van der Waals surface area (Å²) in [5, 5.41) is 2.29. The molecule has 0 spiro atoms. The summed E-state index contributed by atoms with van der Waals surface area (Å²) in [6.07, 6.45) is 1.62. The Bertz CT molecular complexity index is 256. The van der Waals surface area contributed by atoms with Crippen molar-refractivity contribution in [3.63, 3.8) is 0 Å². The first-order valence-electron chi connectivity index (χ1n) is 3.82. The van der Waals surface area contributed by atoms with Crippen LogP contribution in [-0.2, 0) is 0 Å². The van der Waals surface area contributed by atoms with Crippen molar-refractivity contribution in [2.45, 2.75) is 19.9 Å². The molecule has 0 aliphatic carbocycles. The highest BCUT2D eigenvalue weighted by Gasteiger charge is 2.20. The summed E-state index contributed by atoms with van der Waals surface area (Å²) in [5.41, 5.74) is 5.67. The van der Waals surface area contributed by atoms with Gasteiger partial charge in [-0.2, -0.15) is 0 Å². The smallest absolute Gasteiger partial charge is 0.208 e. The van der Waals surface area contributed by atoms with E-state index >= 15 is 0 Å². The minimum atomic E-state index is -0.420. The number of carbonyl (C=O) groups excluding carboxylic acids is 1. The summed E-state index contributed by atoms with van der Waals surface area (Å²) in [4.78, 5) is 15.4. The molecule has 3 nitrogen and oxygen atoms in total. The van der Waals surface area contributed by atoms with Crippen LogP contribution in [0.15, 0.2) is 11.6 Å². The number of nitrogens with zero attached hydrogens (tertiary/aromatic N) is 1. The van der Waals surface area contributed by atoms with Gasteiger partial charge in [0.15, 0.2) is 5.01 Å². The van der Waals surface area contributed by atoms with Crippen molar-refractivity contribution >= 4 is 17.1 Å². The molecule has 0 radical (unpaired) electrons. The monoisotopic (exact) mass is 184 g/mol. The van der Waals surface area contributed by atoms with E-state index in [-0.39, 0.29) is 11.7 Å². The third-order valence-corrected chi connectivity index (χ3v) is 2.45. The zero-order chi connectivity index (χ0) is 9.14. The van der Waals surface area contributed by atoms with Crippen molar-refractivity contribution in [2.75, 3.05) is 0 Å². The molecule has 4 heteroatoms. The molecule has 1 aromatic rings. The average Bonchev–Trinajstić information content (AvgIpc) is 2.53. The van der Waals surface area contributed by atoms with Gasteiger partial charge < -0.3 is 5.73 Å². The molecule has 0 saturated heterocycles. The highest BCUT2D eigenvalue weighted by Crippen LogP contribution is 2.10. The molecule has 1 heterocycles. The van der Waals surface area contributed by atoms with E-state index in [0.717, 1.165) is 0 Å². The van der Waals surface area contributed by atoms with Crippen LogP contribution in [0.2, 0.25) is 0 Å². The van der Waals surface area contributed by atoms with Gasteiger partial charge in [0.25, 0.3) is 0 Å². The van der Waals surface area contributed by atoms with E-state index < -0.39 is 6.04 Å². The van der Waals surface area contributed by atoms with Crippen molar-refractivity contribution in [2.24, 2.45) is 11.7 Å². The zero-order valence-corrected chi connectivity index (χ0v) is 7.97. The Labute approximate surface area is 75.6 Å². The molecule has 0 saturated carbocycles. The van der Waals surface area contributed by atoms with Crippen molar-refractivity contribution in [3.8, 4) is 0 Å². The van der Waals surface area contributed by atoms with Gasteiger partial charge >= 0.3 is 0 Å². The van der Waals surface area contributed by atoms with Crippen LogP contribution in [-0.4, -0.2) is 16.8 Å². The van der Waals surface area contributed by atoms with Crippen LogP contribution in [0.25, 0.3) is 0 Å². The second kappa shape index (κ2) is 3.78. The minimum Gasteiger partial charge on any atom is -0.321 e. The van der Waals surface area contributed by atoms with Crippen molar-refractivity contribution in [3.05, 3.63) is 16.6 Å². The van der Waals surface area contributed by atoms with E-state index in [9.17, 15) is 4.79 Å². The second-order valence-corrected chi connectivity index (χ2v) is 3.87. The Morgan fingerprint density at radius 2 is 2.33 bits per heavy atom. The van der Waals surface area contributed by atoms with Crippen LogP contribution in [0.4, 0.5) is 0 Å². The lowest BCUT2D eigenvalue weighted by Crippen LogP contribution is -2.35. The van der Waals surface area contributed by atoms with Gasteiger partial charge in [-0.25, -0.2) is 4.98 Å². The van der Waals surface area contributed by atoms with Crippen LogP contribution in [0.1, 0.15) is 23.6 Å². The van der Waals surface area contributed by atoms with E-state index in [2.05, 4.69) is 4.98 Å². The van der Waals surface area contributed by atoms with Crippen LogP contribution in [0.3, 0.4) is 0 Å². The van der Waals surface area contributed by atoms with Gasteiger partial charge in [0.1, 0.15) is 0 Å². The number of nitrogens with two attached hydrogens (primary N) is 1.